The van der Waals surface area contributed by atoms with Crippen LogP contribution >= 0.6 is 0 Å². The lowest BCUT2D eigenvalue weighted by atomic mass is 9.84. The van der Waals surface area contributed by atoms with Crippen LogP contribution in [0.2, 0.25) is 0 Å². The van der Waals surface area contributed by atoms with E-state index in [0.717, 1.165) is 6.54 Å². The van der Waals surface area contributed by atoms with Gasteiger partial charge in [0.25, 0.3) is 0 Å². The summed E-state index contributed by atoms with van der Waals surface area (Å²) in [4.78, 5) is 0. The van der Waals surface area contributed by atoms with Gasteiger partial charge in [-0.15, -0.1) is 0 Å². The fourth-order valence-electron chi connectivity index (χ4n) is 2.77. The quantitative estimate of drug-likeness (QED) is 0.781. The Morgan fingerprint density at radius 3 is 2.76 bits per heavy atom. The second-order valence-electron chi connectivity index (χ2n) is 4.89. The van der Waals surface area contributed by atoms with Gasteiger partial charge >= 0.3 is 0 Å². The van der Waals surface area contributed by atoms with Crippen molar-refractivity contribution in [1.82, 2.24) is 9.78 Å². The monoisotopic (exact) mass is 228 g/mol. The van der Waals surface area contributed by atoms with Gasteiger partial charge < -0.3 is 5.32 Å². The number of nitrogens with two attached hydrogens (primary N) is 1. The third-order valence-corrected chi connectivity index (χ3v) is 3.71. The van der Waals surface area contributed by atoms with E-state index in [4.69, 9.17) is 0 Å². The van der Waals surface area contributed by atoms with Crippen molar-refractivity contribution < 1.29 is 5.32 Å². The van der Waals surface area contributed by atoms with Gasteiger partial charge in [0, 0.05) is 24.4 Å². The summed E-state index contributed by atoms with van der Waals surface area (Å²) in [5, 5.41) is 6.70. The first-order valence-electron chi connectivity index (χ1n) is 6.16. The summed E-state index contributed by atoms with van der Waals surface area (Å²) in [6, 6.07) is 9.35. The van der Waals surface area contributed by atoms with Crippen molar-refractivity contribution in [1.29, 1.82) is 0 Å². The van der Waals surface area contributed by atoms with Crippen molar-refractivity contribution in [3.8, 4) is 0 Å². The molecule has 2 atom stereocenters. The maximum absolute atomic E-state index is 4.29. The highest BCUT2D eigenvalue weighted by molar-refractivity contribution is 5.38. The van der Waals surface area contributed by atoms with E-state index in [0.29, 0.717) is 12.0 Å². The summed E-state index contributed by atoms with van der Waals surface area (Å²) >= 11 is 0. The third-order valence-electron chi connectivity index (χ3n) is 3.71. The third kappa shape index (κ3) is 1.76. The first-order chi connectivity index (χ1) is 8.25. The van der Waals surface area contributed by atoms with E-state index >= 15 is 0 Å². The van der Waals surface area contributed by atoms with E-state index < -0.39 is 0 Å². The molecule has 0 radical (unpaired) electrons. The topological polar surface area (TPSA) is 34.4 Å². The van der Waals surface area contributed by atoms with E-state index in [2.05, 4.69) is 47.8 Å². The molecule has 0 saturated carbocycles. The summed E-state index contributed by atoms with van der Waals surface area (Å²) < 4.78 is 1.88. The lowest BCUT2D eigenvalue weighted by Gasteiger charge is -2.27. The minimum absolute atomic E-state index is 0.482. The SMILES string of the molecule is CC1[NH2+]CC(c2cnn(C)c2)c2ccccc21. The number of rotatable bonds is 1. The van der Waals surface area contributed by atoms with E-state index in [1.165, 1.54) is 16.7 Å². The van der Waals surface area contributed by atoms with Crippen LogP contribution in [0.25, 0.3) is 0 Å². The van der Waals surface area contributed by atoms with Crippen molar-refractivity contribution in [2.24, 2.45) is 7.05 Å². The maximum atomic E-state index is 4.29. The largest absolute Gasteiger partial charge is 0.339 e. The molecule has 2 heterocycles. The Bertz CT molecular complexity index is 530. The summed E-state index contributed by atoms with van der Waals surface area (Å²) in [5.41, 5.74) is 4.26. The van der Waals surface area contributed by atoms with Crippen LogP contribution in [0.4, 0.5) is 0 Å². The molecule has 2 N–H and O–H groups in total. The molecule has 1 aliphatic heterocycles. The van der Waals surface area contributed by atoms with Crippen molar-refractivity contribution >= 4 is 0 Å². The second kappa shape index (κ2) is 4.00. The summed E-state index contributed by atoms with van der Waals surface area (Å²) in [6.45, 7) is 3.39. The van der Waals surface area contributed by atoms with E-state index in [9.17, 15) is 0 Å². The Morgan fingerprint density at radius 1 is 1.29 bits per heavy atom. The van der Waals surface area contributed by atoms with Gasteiger partial charge in [-0.3, -0.25) is 4.68 Å². The molecule has 0 bridgehead atoms. The predicted octanol–water partition coefficient (Wildman–Crippen LogP) is 1.19. The molecular weight excluding hydrogens is 210 g/mol. The van der Waals surface area contributed by atoms with Gasteiger partial charge in [-0.2, -0.15) is 5.10 Å². The highest BCUT2D eigenvalue weighted by Crippen LogP contribution is 2.30. The van der Waals surface area contributed by atoms with Gasteiger partial charge in [-0.1, -0.05) is 24.3 Å². The minimum atomic E-state index is 0.482. The molecular formula is C14H18N3+. The van der Waals surface area contributed by atoms with E-state index in [1.807, 2.05) is 17.9 Å². The number of nitrogens with zero attached hydrogens (tertiary/aromatic N) is 2. The number of hydrogen-bond acceptors (Lipinski definition) is 1. The molecule has 1 aromatic heterocycles. The molecule has 0 amide bonds. The number of aromatic nitrogens is 2. The van der Waals surface area contributed by atoms with Gasteiger partial charge in [-0.05, 0) is 12.5 Å². The van der Waals surface area contributed by atoms with Crippen molar-refractivity contribution in [3.63, 3.8) is 0 Å². The lowest BCUT2D eigenvalue weighted by Crippen LogP contribution is -2.87. The van der Waals surface area contributed by atoms with Gasteiger partial charge in [0.1, 0.15) is 6.04 Å². The van der Waals surface area contributed by atoms with Crippen LogP contribution in [0.15, 0.2) is 36.7 Å². The summed E-state index contributed by atoms with van der Waals surface area (Å²) in [6.07, 6.45) is 4.12. The highest BCUT2D eigenvalue weighted by atomic mass is 15.2. The van der Waals surface area contributed by atoms with Gasteiger partial charge in [0.05, 0.1) is 18.7 Å². The van der Waals surface area contributed by atoms with Crippen LogP contribution in [-0.4, -0.2) is 16.3 Å². The van der Waals surface area contributed by atoms with Gasteiger partial charge in [-0.25, -0.2) is 0 Å². The molecule has 0 aliphatic carbocycles. The molecule has 1 aromatic carbocycles. The summed E-state index contributed by atoms with van der Waals surface area (Å²) in [5.74, 6) is 0.482. The van der Waals surface area contributed by atoms with E-state index in [1.54, 1.807) is 0 Å². The first kappa shape index (κ1) is 10.5. The van der Waals surface area contributed by atoms with Crippen LogP contribution in [0.3, 0.4) is 0 Å². The van der Waals surface area contributed by atoms with Gasteiger partial charge in [0.15, 0.2) is 0 Å². The number of aryl methyl sites for hydroxylation is 1. The average Bonchev–Trinajstić information content (AvgIpc) is 2.77. The maximum Gasteiger partial charge on any atom is 0.109 e. The Hall–Kier alpha value is -1.61. The molecule has 17 heavy (non-hydrogen) atoms. The highest BCUT2D eigenvalue weighted by Gasteiger charge is 2.28. The molecule has 2 aromatic rings. The number of fused-ring (bicyclic) bond motifs is 1. The van der Waals surface area contributed by atoms with Crippen LogP contribution in [0, 0.1) is 0 Å². The molecule has 0 fully saturated rings. The molecule has 3 nitrogen and oxygen atoms in total. The molecule has 0 spiro atoms. The van der Waals surface area contributed by atoms with Crippen molar-refractivity contribution in [2.75, 3.05) is 6.54 Å². The van der Waals surface area contributed by atoms with Gasteiger partial charge in [0.2, 0.25) is 0 Å². The van der Waals surface area contributed by atoms with Crippen molar-refractivity contribution in [3.05, 3.63) is 53.3 Å². The average molecular weight is 228 g/mol. The van der Waals surface area contributed by atoms with Crippen LogP contribution in [0.1, 0.15) is 35.6 Å². The number of quaternary nitrogens is 1. The zero-order chi connectivity index (χ0) is 11.8. The minimum Gasteiger partial charge on any atom is -0.339 e. The standard InChI is InChI=1S/C14H17N3/c1-10-12-5-3-4-6-13(12)14(8-15-10)11-7-16-17(2)9-11/h3-7,9-10,14-15H,8H2,1-2H3/p+1. The van der Waals surface area contributed by atoms with E-state index in [-0.39, 0.29) is 0 Å². The number of hydrogen-bond donors (Lipinski definition) is 1. The Morgan fingerprint density at radius 2 is 2.06 bits per heavy atom. The molecule has 3 rings (SSSR count). The fourth-order valence-corrected chi connectivity index (χ4v) is 2.77. The Balaban J connectivity index is 2.06. The fraction of sp³-hybridized carbons (Fsp3) is 0.357. The molecule has 0 saturated heterocycles. The van der Waals surface area contributed by atoms with Crippen LogP contribution in [0.5, 0.6) is 0 Å². The Labute approximate surface area is 101 Å². The molecule has 88 valence electrons. The first-order valence-corrected chi connectivity index (χ1v) is 6.16. The molecule has 1 aliphatic rings. The summed E-state index contributed by atoms with van der Waals surface area (Å²) in [7, 11) is 1.98. The molecule has 2 unspecified atom stereocenters. The number of benzene rings is 1. The Kier molecular flexibility index (Phi) is 2.48. The second-order valence-corrected chi connectivity index (χ2v) is 4.89. The molecule has 3 heteroatoms. The predicted molar refractivity (Wildman–Crippen MR) is 66.7 cm³/mol. The lowest BCUT2D eigenvalue weighted by molar-refractivity contribution is -0.697. The van der Waals surface area contributed by atoms with Crippen molar-refractivity contribution in [2.45, 2.75) is 18.9 Å². The smallest absolute Gasteiger partial charge is 0.109 e. The normalized spacial score (nSPS) is 23.4. The zero-order valence-corrected chi connectivity index (χ0v) is 10.3. The van der Waals surface area contributed by atoms with Crippen LogP contribution in [-0.2, 0) is 7.05 Å². The van der Waals surface area contributed by atoms with Crippen LogP contribution < -0.4 is 5.32 Å². The zero-order valence-electron chi connectivity index (χ0n) is 10.3.